The van der Waals surface area contributed by atoms with E-state index in [4.69, 9.17) is 5.11 Å². The van der Waals surface area contributed by atoms with Crippen molar-refractivity contribution >= 4 is 49.3 Å². The van der Waals surface area contributed by atoms with Crippen LogP contribution >= 0.6 is 0 Å². The van der Waals surface area contributed by atoms with E-state index in [0.717, 1.165) is 0 Å². The molecule has 12 heavy (non-hydrogen) atoms. The fraction of sp³-hybridized carbons (Fsp3) is 0. The van der Waals surface area contributed by atoms with Crippen LogP contribution in [0.5, 0.6) is 0 Å². The summed E-state index contributed by atoms with van der Waals surface area (Å²) in [6.45, 7) is 3.42. The van der Waals surface area contributed by atoms with Gasteiger partial charge in [-0.15, -0.1) is 0 Å². The van der Waals surface area contributed by atoms with Crippen molar-refractivity contribution in [2.75, 3.05) is 0 Å². The Morgan fingerprint density at radius 2 is 1.83 bits per heavy atom. The average Bonchev–Trinajstić information content (AvgIpc) is 2.05. The SMILES string of the molecule is C=C(C(=O)O)c1ccccc1.[Ca+2].[H-].[H-]. The number of carboxylic acid groups (broad SMARTS) is 1. The molecule has 0 aromatic heterocycles. The van der Waals surface area contributed by atoms with Crippen LogP contribution in [0.15, 0.2) is 36.9 Å². The maximum Gasteiger partial charge on any atom is 2.00 e. The molecule has 0 bridgehead atoms. The summed E-state index contributed by atoms with van der Waals surface area (Å²) in [5.74, 6) is -0.976. The van der Waals surface area contributed by atoms with Crippen LogP contribution in [0.25, 0.3) is 5.57 Å². The van der Waals surface area contributed by atoms with Crippen LogP contribution in [-0.4, -0.2) is 48.8 Å². The number of carbonyl (C=O) groups is 1. The average molecular weight is 190 g/mol. The van der Waals surface area contributed by atoms with Crippen molar-refractivity contribution in [1.82, 2.24) is 0 Å². The molecule has 1 aromatic carbocycles. The Labute approximate surface area is 104 Å². The first-order valence-electron chi connectivity index (χ1n) is 3.19. The molecule has 0 spiro atoms. The molecule has 3 heteroatoms. The summed E-state index contributed by atoms with van der Waals surface area (Å²) in [4.78, 5) is 10.4. The third-order valence-electron chi connectivity index (χ3n) is 1.38. The van der Waals surface area contributed by atoms with Crippen molar-refractivity contribution in [2.24, 2.45) is 0 Å². The Bertz CT molecular complexity index is 288. The molecule has 0 amide bonds. The zero-order chi connectivity index (χ0) is 8.27. The minimum Gasteiger partial charge on any atom is -1.00 e. The standard InChI is InChI=1S/C9H8O2.Ca.2H/c1-7(9(10)11)8-5-3-2-4-6-8;;;/h2-6H,1H2,(H,10,11);;;/q;+2;2*-1. The van der Waals surface area contributed by atoms with Crippen molar-refractivity contribution < 1.29 is 12.8 Å². The fourth-order valence-corrected chi connectivity index (χ4v) is 0.763. The van der Waals surface area contributed by atoms with Gasteiger partial charge in [-0.1, -0.05) is 36.9 Å². The predicted octanol–water partition coefficient (Wildman–Crippen LogP) is 1.63. The number of hydrogen-bond donors (Lipinski definition) is 1. The molecule has 2 nitrogen and oxygen atoms in total. The Balaban J connectivity index is -0.000000403. The minimum atomic E-state index is -0.976. The summed E-state index contributed by atoms with van der Waals surface area (Å²) >= 11 is 0. The normalized spacial score (nSPS) is 8.33. The van der Waals surface area contributed by atoms with Gasteiger partial charge in [-0.3, -0.25) is 0 Å². The zero-order valence-electron chi connectivity index (χ0n) is 8.66. The molecule has 60 valence electrons. The van der Waals surface area contributed by atoms with Gasteiger partial charge < -0.3 is 7.96 Å². The maximum atomic E-state index is 10.4. The first kappa shape index (κ1) is 11.7. The van der Waals surface area contributed by atoms with Crippen LogP contribution in [0.3, 0.4) is 0 Å². The van der Waals surface area contributed by atoms with Crippen LogP contribution < -0.4 is 0 Å². The molecule has 0 atom stereocenters. The predicted molar refractivity (Wildman–Crippen MR) is 51.1 cm³/mol. The van der Waals surface area contributed by atoms with E-state index in [1.165, 1.54) is 0 Å². The fourth-order valence-electron chi connectivity index (χ4n) is 0.763. The molecule has 0 aliphatic carbocycles. The van der Waals surface area contributed by atoms with Crippen molar-refractivity contribution in [3.05, 3.63) is 42.5 Å². The van der Waals surface area contributed by atoms with E-state index < -0.39 is 5.97 Å². The third-order valence-corrected chi connectivity index (χ3v) is 1.38. The van der Waals surface area contributed by atoms with Crippen LogP contribution in [0.1, 0.15) is 8.42 Å². The second-order valence-corrected chi connectivity index (χ2v) is 2.15. The summed E-state index contributed by atoms with van der Waals surface area (Å²) in [5, 5.41) is 8.54. The van der Waals surface area contributed by atoms with E-state index in [2.05, 4.69) is 6.58 Å². The molecular weight excluding hydrogens is 180 g/mol. The molecule has 0 aliphatic rings. The van der Waals surface area contributed by atoms with Crippen LogP contribution in [0, 0.1) is 0 Å². The summed E-state index contributed by atoms with van der Waals surface area (Å²) in [6, 6.07) is 8.83. The van der Waals surface area contributed by atoms with Crippen molar-refractivity contribution in [1.29, 1.82) is 0 Å². The van der Waals surface area contributed by atoms with Crippen molar-refractivity contribution in [3.63, 3.8) is 0 Å². The topological polar surface area (TPSA) is 37.3 Å². The number of aliphatic carboxylic acids is 1. The summed E-state index contributed by atoms with van der Waals surface area (Å²) in [7, 11) is 0. The third kappa shape index (κ3) is 2.97. The number of hydrogen-bond acceptors (Lipinski definition) is 1. The van der Waals surface area contributed by atoms with E-state index in [-0.39, 0.29) is 46.2 Å². The zero-order valence-corrected chi connectivity index (χ0v) is 8.86. The number of benzene rings is 1. The van der Waals surface area contributed by atoms with Gasteiger partial charge in [0.05, 0.1) is 5.57 Å². The molecule has 0 unspecified atom stereocenters. The quantitative estimate of drug-likeness (QED) is 0.568. The number of rotatable bonds is 2. The molecular formula is C9H10CaO2. The molecule has 1 aromatic rings. The molecule has 0 saturated heterocycles. The van der Waals surface area contributed by atoms with E-state index in [0.29, 0.717) is 5.56 Å². The van der Waals surface area contributed by atoms with E-state index in [9.17, 15) is 4.79 Å². The van der Waals surface area contributed by atoms with E-state index in [1.54, 1.807) is 24.3 Å². The summed E-state index contributed by atoms with van der Waals surface area (Å²) < 4.78 is 0. The molecule has 0 radical (unpaired) electrons. The Kier molecular flexibility index (Phi) is 5.22. The van der Waals surface area contributed by atoms with Gasteiger partial charge >= 0.3 is 43.7 Å². The van der Waals surface area contributed by atoms with E-state index in [1.807, 2.05) is 6.07 Å². The van der Waals surface area contributed by atoms with Crippen LogP contribution in [0.2, 0.25) is 0 Å². The monoisotopic (exact) mass is 190 g/mol. The second-order valence-electron chi connectivity index (χ2n) is 2.15. The Morgan fingerprint density at radius 1 is 1.33 bits per heavy atom. The first-order valence-corrected chi connectivity index (χ1v) is 3.19. The molecule has 0 saturated carbocycles. The Hall–Kier alpha value is -0.310. The van der Waals surface area contributed by atoms with E-state index >= 15 is 0 Å². The van der Waals surface area contributed by atoms with Crippen LogP contribution in [0.4, 0.5) is 0 Å². The van der Waals surface area contributed by atoms with Gasteiger partial charge in [-0.25, -0.2) is 4.79 Å². The summed E-state index contributed by atoms with van der Waals surface area (Å²) in [5.41, 5.74) is 0.783. The van der Waals surface area contributed by atoms with Crippen molar-refractivity contribution in [3.8, 4) is 0 Å². The molecule has 0 heterocycles. The van der Waals surface area contributed by atoms with Gasteiger partial charge in [0, 0.05) is 0 Å². The van der Waals surface area contributed by atoms with Gasteiger partial charge in [0.15, 0.2) is 0 Å². The summed E-state index contributed by atoms with van der Waals surface area (Å²) in [6.07, 6.45) is 0. The van der Waals surface area contributed by atoms with Gasteiger partial charge in [-0.05, 0) is 5.56 Å². The smallest absolute Gasteiger partial charge is 1.00 e. The maximum absolute atomic E-state index is 10.4. The molecule has 1 N–H and O–H groups in total. The van der Waals surface area contributed by atoms with Gasteiger partial charge in [-0.2, -0.15) is 0 Å². The van der Waals surface area contributed by atoms with Gasteiger partial charge in [0.25, 0.3) is 0 Å². The van der Waals surface area contributed by atoms with Crippen LogP contribution in [-0.2, 0) is 4.79 Å². The number of carboxylic acids is 1. The molecule has 0 aliphatic heterocycles. The van der Waals surface area contributed by atoms with Gasteiger partial charge in [0.1, 0.15) is 0 Å². The minimum absolute atomic E-state index is 0. The van der Waals surface area contributed by atoms with Crippen molar-refractivity contribution in [2.45, 2.75) is 0 Å². The van der Waals surface area contributed by atoms with Gasteiger partial charge in [0.2, 0.25) is 0 Å². The first-order chi connectivity index (χ1) is 5.22. The Morgan fingerprint density at radius 3 is 2.25 bits per heavy atom. The molecule has 1 rings (SSSR count). The second kappa shape index (κ2) is 5.36. The largest absolute Gasteiger partial charge is 2.00 e. The molecule has 0 fully saturated rings.